The molecule has 0 atom stereocenters. The normalized spacial score (nSPS) is 15.8. The van der Waals surface area contributed by atoms with Gasteiger partial charge in [0.15, 0.2) is 0 Å². The molecule has 1 aliphatic rings. The Labute approximate surface area is 130 Å². The number of aromatic nitrogens is 3. The van der Waals surface area contributed by atoms with E-state index in [9.17, 15) is 4.79 Å². The maximum absolute atomic E-state index is 12.6. The van der Waals surface area contributed by atoms with Crippen LogP contribution < -0.4 is 5.32 Å². The van der Waals surface area contributed by atoms with Gasteiger partial charge in [-0.1, -0.05) is 13.8 Å². The molecular formula is C17H22N4O. The molecule has 2 heterocycles. The zero-order valence-electron chi connectivity index (χ0n) is 13.3. The average Bonchev–Trinajstić information content (AvgIpc) is 3.20. The molecule has 0 spiro atoms. The van der Waals surface area contributed by atoms with Crippen molar-refractivity contribution in [2.24, 2.45) is 18.4 Å². The summed E-state index contributed by atoms with van der Waals surface area (Å²) < 4.78 is 1.71. The Bertz CT molecular complexity index is 685. The SMILES string of the molecule is CC(C)C1(CNC(=O)c2cccnc2-c2cnn(C)c2)CC1. The molecule has 0 saturated heterocycles. The van der Waals surface area contributed by atoms with Crippen molar-refractivity contribution in [1.82, 2.24) is 20.1 Å². The maximum atomic E-state index is 12.6. The standard InChI is InChI=1S/C17H22N4O/c1-12(2)17(6-7-17)11-19-16(22)14-5-4-8-18-15(14)13-9-20-21(3)10-13/h4-5,8-10,12H,6-7,11H2,1-3H3,(H,19,22). The van der Waals surface area contributed by atoms with Gasteiger partial charge in [-0.25, -0.2) is 0 Å². The Balaban J connectivity index is 1.78. The van der Waals surface area contributed by atoms with Crippen LogP contribution in [0.15, 0.2) is 30.7 Å². The molecule has 0 unspecified atom stereocenters. The number of amides is 1. The summed E-state index contributed by atoms with van der Waals surface area (Å²) in [6.45, 7) is 5.19. The zero-order valence-corrected chi connectivity index (χ0v) is 13.3. The molecule has 1 N–H and O–H groups in total. The molecule has 1 aliphatic carbocycles. The lowest BCUT2D eigenvalue weighted by Crippen LogP contribution is -2.33. The van der Waals surface area contributed by atoms with E-state index in [-0.39, 0.29) is 5.91 Å². The number of carbonyl (C=O) groups is 1. The topological polar surface area (TPSA) is 59.8 Å². The summed E-state index contributed by atoms with van der Waals surface area (Å²) in [7, 11) is 1.85. The van der Waals surface area contributed by atoms with E-state index in [4.69, 9.17) is 0 Å². The highest BCUT2D eigenvalue weighted by Crippen LogP contribution is 2.51. The zero-order chi connectivity index (χ0) is 15.7. The van der Waals surface area contributed by atoms with Crippen molar-refractivity contribution in [3.63, 3.8) is 0 Å². The molecule has 0 aromatic carbocycles. The second-order valence-electron chi connectivity index (χ2n) is 6.50. The van der Waals surface area contributed by atoms with Gasteiger partial charge in [-0.05, 0) is 36.3 Å². The summed E-state index contributed by atoms with van der Waals surface area (Å²) in [5.41, 5.74) is 2.45. The highest BCUT2D eigenvalue weighted by molar-refractivity contribution is 5.99. The van der Waals surface area contributed by atoms with Crippen molar-refractivity contribution in [1.29, 1.82) is 0 Å². The fourth-order valence-corrected chi connectivity index (χ4v) is 2.83. The number of nitrogens with one attached hydrogen (secondary N) is 1. The highest BCUT2D eigenvalue weighted by Gasteiger charge is 2.45. The summed E-state index contributed by atoms with van der Waals surface area (Å²) in [4.78, 5) is 16.9. The van der Waals surface area contributed by atoms with E-state index >= 15 is 0 Å². The second kappa shape index (κ2) is 5.55. The smallest absolute Gasteiger partial charge is 0.253 e. The first-order valence-electron chi connectivity index (χ1n) is 7.74. The van der Waals surface area contributed by atoms with Crippen LogP contribution in [0.25, 0.3) is 11.3 Å². The van der Waals surface area contributed by atoms with Crippen LogP contribution in [0.1, 0.15) is 37.0 Å². The molecule has 1 amide bonds. The van der Waals surface area contributed by atoms with Crippen LogP contribution in [0.2, 0.25) is 0 Å². The largest absolute Gasteiger partial charge is 0.351 e. The average molecular weight is 298 g/mol. The Morgan fingerprint density at radius 2 is 2.23 bits per heavy atom. The number of carbonyl (C=O) groups excluding carboxylic acids is 1. The van der Waals surface area contributed by atoms with Gasteiger partial charge in [-0.3, -0.25) is 14.5 Å². The molecule has 2 aromatic heterocycles. The quantitative estimate of drug-likeness (QED) is 0.923. The summed E-state index contributed by atoms with van der Waals surface area (Å²) >= 11 is 0. The van der Waals surface area contributed by atoms with Gasteiger partial charge in [0, 0.05) is 31.5 Å². The lowest BCUT2D eigenvalue weighted by molar-refractivity contribution is 0.0940. The van der Waals surface area contributed by atoms with Gasteiger partial charge >= 0.3 is 0 Å². The van der Waals surface area contributed by atoms with Crippen LogP contribution in [-0.2, 0) is 7.05 Å². The minimum atomic E-state index is -0.0566. The molecule has 22 heavy (non-hydrogen) atoms. The Morgan fingerprint density at radius 1 is 1.45 bits per heavy atom. The van der Waals surface area contributed by atoms with Crippen LogP contribution in [0, 0.1) is 11.3 Å². The number of rotatable bonds is 5. The number of pyridine rings is 1. The molecule has 116 valence electrons. The molecule has 0 bridgehead atoms. The number of aryl methyl sites for hydroxylation is 1. The van der Waals surface area contributed by atoms with E-state index in [0.29, 0.717) is 22.6 Å². The highest BCUT2D eigenvalue weighted by atomic mass is 16.1. The van der Waals surface area contributed by atoms with E-state index < -0.39 is 0 Å². The Kier molecular flexibility index (Phi) is 3.72. The number of hydrogen-bond acceptors (Lipinski definition) is 3. The Morgan fingerprint density at radius 3 is 2.82 bits per heavy atom. The van der Waals surface area contributed by atoms with E-state index in [1.165, 1.54) is 12.8 Å². The third-order valence-corrected chi connectivity index (χ3v) is 4.75. The van der Waals surface area contributed by atoms with Crippen molar-refractivity contribution >= 4 is 5.91 Å². The third kappa shape index (κ3) is 2.75. The number of hydrogen-bond donors (Lipinski definition) is 1. The van der Waals surface area contributed by atoms with Crippen molar-refractivity contribution in [2.75, 3.05) is 6.54 Å². The molecule has 1 fully saturated rings. The summed E-state index contributed by atoms with van der Waals surface area (Å²) in [6.07, 6.45) is 7.71. The lowest BCUT2D eigenvalue weighted by atomic mass is 9.92. The minimum Gasteiger partial charge on any atom is -0.351 e. The van der Waals surface area contributed by atoms with E-state index in [2.05, 4.69) is 29.2 Å². The van der Waals surface area contributed by atoms with Crippen molar-refractivity contribution < 1.29 is 4.79 Å². The van der Waals surface area contributed by atoms with Crippen LogP contribution in [0.4, 0.5) is 0 Å². The van der Waals surface area contributed by atoms with Gasteiger partial charge in [-0.15, -0.1) is 0 Å². The van der Waals surface area contributed by atoms with Crippen LogP contribution in [0.3, 0.4) is 0 Å². The predicted octanol–water partition coefficient (Wildman–Crippen LogP) is 2.65. The lowest BCUT2D eigenvalue weighted by Gasteiger charge is -2.20. The van der Waals surface area contributed by atoms with Crippen molar-refractivity contribution in [3.05, 3.63) is 36.3 Å². The fraction of sp³-hybridized carbons (Fsp3) is 0.471. The van der Waals surface area contributed by atoms with Crippen molar-refractivity contribution in [2.45, 2.75) is 26.7 Å². The van der Waals surface area contributed by atoms with Gasteiger partial charge in [-0.2, -0.15) is 5.10 Å². The Hall–Kier alpha value is -2.17. The molecule has 0 aliphatic heterocycles. The maximum Gasteiger partial charge on any atom is 0.253 e. The molecule has 1 saturated carbocycles. The molecule has 2 aromatic rings. The van der Waals surface area contributed by atoms with E-state index in [1.54, 1.807) is 23.1 Å². The van der Waals surface area contributed by atoms with Gasteiger partial charge in [0.05, 0.1) is 17.5 Å². The predicted molar refractivity (Wildman–Crippen MR) is 85.3 cm³/mol. The minimum absolute atomic E-state index is 0.0566. The fourth-order valence-electron chi connectivity index (χ4n) is 2.83. The molecule has 5 heteroatoms. The van der Waals surface area contributed by atoms with Gasteiger partial charge in [0.25, 0.3) is 5.91 Å². The second-order valence-corrected chi connectivity index (χ2v) is 6.50. The molecular weight excluding hydrogens is 276 g/mol. The van der Waals surface area contributed by atoms with E-state index in [1.807, 2.05) is 19.3 Å². The first-order chi connectivity index (χ1) is 10.5. The molecule has 3 rings (SSSR count). The van der Waals surface area contributed by atoms with Crippen LogP contribution in [0.5, 0.6) is 0 Å². The number of nitrogens with zero attached hydrogens (tertiary/aromatic N) is 3. The van der Waals surface area contributed by atoms with Gasteiger partial charge < -0.3 is 5.32 Å². The van der Waals surface area contributed by atoms with Gasteiger partial charge in [0.1, 0.15) is 0 Å². The monoisotopic (exact) mass is 298 g/mol. The summed E-state index contributed by atoms with van der Waals surface area (Å²) in [5, 5.41) is 7.25. The molecule has 5 nitrogen and oxygen atoms in total. The summed E-state index contributed by atoms with van der Waals surface area (Å²) in [5.74, 6) is 0.540. The van der Waals surface area contributed by atoms with Crippen molar-refractivity contribution in [3.8, 4) is 11.3 Å². The van der Waals surface area contributed by atoms with Crippen LogP contribution >= 0.6 is 0 Å². The third-order valence-electron chi connectivity index (χ3n) is 4.75. The molecule has 0 radical (unpaired) electrons. The summed E-state index contributed by atoms with van der Waals surface area (Å²) in [6, 6.07) is 3.61. The first kappa shape index (κ1) is 14.8. The first-order valence-corrected chi connectivity index (χ1v) is 7.74. The van der Waals surface area contributed by atoms with E-state index in [0.717, 1.165) is 12.1 Å². The van der Waals surface area contributed by atoms with Gasteiger partial charge in [0.2, 0.25) is 0 Å². The van der Waals surface area contributed by atoms with Crippen LogP contribution in [-0.4, -0.2) is 27.2 Å².